The van der Waals surface area contributed by atoms with Gasteiger partial charge in [-0.05, 0) is 51.3 Å². The standard InChI is InChI=1S/C19H27N3O2/c1-6-14-7-9-15(10-8-14)17(12-23)20-18(24)16-11-13(2)22(21-16)19(3,4)5/h7-11,17,23H,6,12H2,1-5H3,(H,20,24). The van der Waals surface area contributed by atoms with Gasteiger partial charge in [-0.1, -0.05) is 31.2 Å². The fourth-order valence-corrected chi connectivity index (χ4v) is 2.72. The number of nitrogens with one attached hydrogen (secondary N) is 1. The molecular weight excluding hydrogens is 302 g/mol. The van der Waals surface area contributed by atoms with Gasteiger partial charge < -0.3 is 10.4 Å². The van der Waals surface area contributed by atoms with Gasteiger partial charge in [0, 0.05) is 5.69 Å². The minimum absolute atomic E-state index is 0.157. The van der Waals surface area contributed by atoms with Crippen LogP contribution in [0.4, 0.5) is 0 Å². The van der Waals surface area contributed by atoms with E-state index in [-0.39, 0.29) is 18.1 Å². The van der Waals surface area contributed by atoms with E-state index in [9.17, 15) is 9.90 Å². The van der Waals surface area contributed by atoms with Crippen LogP contribution in [0.25, 0.3) is 0 Å². The molecule has 0 bridgehead atoms. The van der Waals surface area contributed by atoms with Crippen LogP contribution >= 0.6 is 0 Å². The maximum Gasteiger partial charge on any atom is 0.272 e. The highest BCUT2D eigenvalue weighted by Gasteiger charge is 2.22. The third-order valence-electron chi connectivity index (χ3n) is 4.03. The molecule has 2 N–H and O–H groups in total. The van der Waals surface area contributed by atoms with Crippen LogP contribution in [0.5, 0.6) is 0 Å². The first kappa shape index (κ1) is 18.2. The summed E-state index contributed by atoms with van der Waals surface area (Å²) >= 11 is 0. The Bertz CT molecular complexity index is 696. The Balaban J connectivity index is 2.17. The number of rotatable bonds is 5. The predicted octanol–water partition coefficient (Wildman–Crippen LogP) is 2.97. The Kier molecular flexibility index (Phi) is 5.44. The van der Waals surface area contributed by atoms with E-state index in [4.69, 9.17) is 0 Å². The highest BCUT2D eigenvalue weighted by Crippen LogP contribution is 2.18. The normalized spacial score (nSPS) is 12.9. The number of aliphatic hydroxyl groups is 1. The zero-order valence-corrected chi connectivity index (χ0v) is 15.1. The van der Waals surface area contributed by atoms with Crippen molar-refractivity contribution < 1.29 is 9.90 Å². The fraction of sp³-hybridized carbons (Fsp3) is 0.474. The van der Waals surface area contributed by atoms with Crippen LogP contribution in [0.3, 0.4) is 0 Å². The fourth-order valence-electron chi connectivity index (χ4n) is 2.72. The summed E-state index contributed by atoms with van der Waals surface area (Å²) in [5.74, 6) is -0.278. The Hall–Kier alpha value is -2.14. The van der Waals surface area contributed by atoms with E-state index in [1.807, 2.05) is 56.6 Å². The highest BCUT2D eigenvalue weighted by atomic mass is 16.3. The summed E-state index contributed by atoms with van der Waals surface area (Å²) in [5, 5.41) is 16.9. The van der Waals surface area contributed by atoms with E-state index in [0.717, 1.165) is 17.7 Å². The summed E-state index contributed by atoms with van der Waals surface area (Å²) in [6.45, 7) is 9.99. The van der Waals surface area contributed by atoms with Crippen molar-refractivity contribution in [2.24, 2.45) is 0 Å². The molecule has 0 aliphatic heterocycles. The second kappa shape index (κ2) is 7.18. The molecule has 1 amide bonds. The molecule has 0 radical (unpaired) electrons. The van der Waals surface area contributed by atoms with Gasteiger partial charge in [0.1, 0.15) is 5.69 Å². The van der Waals surface area contributed by atoms with E-state index in [1.165, 1.54) is 5.56 Å². The van der Waals surface area contributed by atoms with Crippen LogP contribution in [0, 0.1) is 6.92 Å². The maximum atomic E-state index is 12.5. The molecule has 130 valence electrons. The second-order valence-electron chi connectivity index (χ2n) is 7.06. The zero-order chi connectivity index (χ0) is 17.9. The summed E-state index contributed by atoms with van der Waals surface area (Å²) < 4.78 is 1.84. The number of carbonyl (C=O) groups is 1. The van der Waals surface area contributed by atoms with E-state index in [1.54, 1.807) is 6.07 Å². The molecule has 1 heterocycles. The van der Waals surface area contributed by atoms with Gasteiger partial charge in [0.2, 0.25) is 0 Å². The predicted molar refractivity (Wildman–Crippen MR) is 95.1 cm³/mol. The molecule has 0 aliphatic carbocycles. The minimum atomic E-state index is -0.441. The quantitative estimate of drug-likeness (QED) is 0.886. The van der Waals surface area contributed by atoms with Gasteiger partial charge in [0.15, 0.2) is 0 Å². The third-order valence-corrected chi connectivity index (χ3v) is 4.03. The SMILES string of the molecule is CCc1ccc(C(CO)NC(=O)c2cc(C)n(C(C)(C)C)n2)cc1. The molecule has 0 fully saturated rings. The first-order valence-electron chi connectivity index (χ1n) is 8.34. The molecule has 1 unspecified atom stereocenters. The van der Waals surface area contributed by atoms with Gasteiger partial charge in [-0.25, -0.2) is 0 Å². The van der Waals surface area contributed by atoms with Crippen LogP contribution < -0.4 is 5.32 Å². The number of carbonyl (C=O) groups excluding carboxylic acids is 1. The number of amides is 1. The average Bonchev–Trinajstić information content (AvgIpc) is 2.95. The molecule has 2 aromatic rings. The second-order valence-corrected chi connectivity index (χ2v) is 7.06. The van der Waals surface area contributed by atoms with Crippen molar-refractivity contribution in [2.75, 3.05) is 6.61 Å². The van der Waals surface area contributed by atoms with Crippen molar-refractivity contribution in [1.82, 2.24) is 15.1 Å². The van der Waals surface area contributed by atoms with Crippen molar-refractivity contribution in [1.29, 1.82) is 0 Å². The summed E-state index contributed by atoms with van der Waals surface area (Å²) in [6.07, 6.45) is 0.958. The monoisotopic (exact) mass is 329 g/mol. The topological polar surface area (TPSA) is 67.2 Å². The van der Waals surface area contributed by atoms with Crippen molar-refractivity contribution in [3.8, 4) is 0 Å². The maximum absolute atomic E-state index is 12.5. The van der Waals surface area contributed by atoms with E-state index in [0.29, 0.717) is 5.69 Å². The smallest absolute Gasteiger partial charge is 0.272 e. The van der Waals surface area contributed by atoms with Crippen molar-refractivity contribution >= 4 is 5.91 Å². The summed E-state index contributed by atoms with van der Waals surface area (Å²) in [7, 11) is 0. The lowest BCUT2D eigenvalue weighted by Crippen LogP contribution is -2.31. The molecule has 1 atom stereocenters. The summed E-state index contributed by atoms with van der Waals surface area (Å²) in [4.78, 5) is 12.5. The Labute approximate surface area is 143 Å². The van der Waals surface area contributed by atoms with Crippen LogP contribution in [0.15, 0.2) is 30.3 Å². The van der Waals surface area contributed by atoms with Gasteiger partial charge in [0.05, 0.1) is 18.2 Å². The molecule has 0 aliphatic rings. The number of aromatic nitrogens is 2. The van der Waals surface area contributed by atoms with Crippen molar-refractivity contribution in [3.63, 3.8) is 0 Å². The number of hydrogen-bond acceptors (Lipinski definition) is 3. The molecular formula is C19H27N3O2. The number of benzene rings is 1. The van der Waals surface area contributed by atoms with Gasteiger partial charge in [0.25, 0.3) is 5.91 Å². The average molecular weight is 329 g/mol. The molecule has 5 heteroatoms. The number of hydrogen-bond donors (Lipinski definition) is 2. The number of aryl methyl sites for hydroxylation is 2. The molecule has 1 aromatic heterocycles. The van der Waals surface area contributed by atoms with Crippen LogP contribution in [-0.2, 0) is 12.0 Å². The van der Waals surface area contributed by atoms with Gasteiger partial charge in [-0.2, -0.15) is 5.10 Å². The third kappa shape index (κ3) is 4.03. The van der Waals surface area contributed by atoms with E-state index < -0.39 is 6.04 Å². The number of aliphatic hydroxyl groups excluding tert-OH is 1. The molecule has 24 heavy (non-hydrogen) atoms. The van der Waals surface area contributed by atoms with E-state index in [2.05, 4.69) is 17.3 Å². The molecule has 5 nitrogen and oxygen atoms in total. The lowest BCUT2D eigenvalue weighted by atomic mass is 10.0. The van der Waals surface area contributed by atoms with Gasteiger partial charge >= 0.3 is 0 Å². The summed E-state index contributed by atoms with van der Waals surface area (Å²) in [5.41, 5.74) is 3.22. The van der Waals surface area contributed by atoms with Gasteiger partial charge in [-0.3, -0.25) is 9.48 Å². The van der Waals surface area contributed by atoms with E-state index >= 15 is 0 Å². The Morgan fingerprint density at radius 3 is 2.38 bits per heavy atom. The summed E-state index contributed by atoms with van der Waals surface area (Å²) in [6, 6.07) is 9.25. The lowest BCUT2D eigenvalue weighted by molar-refractivity contribution is 0.0909. The van der Waals surface area contributed by atoms with Crippen molar-refractivity contribution in [3.05, 3.63) is 52.8 Å². The van der Waals surface area contributed by atoms with Gasteiger partial charge in [-0.15, -0.1) is 0 Å². The zero-order valence-electron chi connectivity index (χ0n) is 15.1. The molecule has 0 saturated carbocycles. The molecule has 2 rings (SSSR count). The van der Waals surface area contributed by atoms with Crippen LogP contribution in [0.1, 0.15) is 61.0 Å². The first-order chi connectivity index (χ1) is 11.3. The molecule has 0 spiro atoms. The van der Waals surface area contributed by atoms with Crippen molar-refractivity contribution in [2.45, 2.75) is 52.6 Å². The lowest BCUT2D eigenvalue weighted by Gasteiger charge is -2.21. The number of nitrogens with zero attached hydrogens (tertiary/aromatic N) is 2. The largest absolute Gasteiger partial charge is 0.394 e. The minimum Gasteiger partial charge on any atom is -0.394 e. The highest BCUT2D eigenvalue weighted by molar-refractivity contribution is 5.92. The molecule has 1 aromatic carbocycles. The van der Waals surface area contributed by atoms with Crippen LogP contribution in [-0.4, -0.2) is 27.4 Å². The Morgan fingerprint density at radius 1 is 1.29 bits per heavy atom. The Morgan fingerprint density at radius 2 is 1.92 bits per heavy atom. The molecule has 0 saturated heterocycles. The first-order valence-corrected chi connectivity index (χ1v) is 8.34. The van der Waals surface area contributed by atoms with Crippen LogP contribution in [0.2, 0.25) is 0 Å².